The summed E-state index contributed by atoms with van der Waals surface area (Å²) in [6, 6.07) is 1.80. The SMILES string of the molecule is CCC(C)CC(C)CCCCCCCCC(=O)N[C@H]1C[C@@H](O)[C@@H](Sc2ccccc2O)NC(=O)[C@@H]2[C@@H](O)CCN2C(=O)[C@H]([C@H](O)CCN)NC(=O)[C@H]([C@H](O)[C@@H](O)c2ccc(O)cc2)CC(=O)[C@@H]2C[C@@H](O)CN2C(=O)[C@H]([C@@H](C)O)NC1=O. The highest BCUT2D eigenvalue weighted by Gasteiger charge is 2.49. The molecule has 452 valence electrons. The van der Waals surface area contributed by atoms with Crippen molar-refractivity contribution >= 4 is 53.0 Å². The van der Waals surface area contributed by atoms with E-state index in [1.807, 2.05) is 0 Å². The highest BCUT2D eigenvalue weighted by molar-refractivity contribution is 8.00. The number of amides is 6. The lowest BCUT2D eigenvalue weighted by Crippen LogP contribution is -2.61. The molecule has 0 bridgehead atoms. The first-order valence-electron chi connectivity index (χ1n) is 28.5. The predicted octanol–water partition coefficient (Wildman–Crippen LogP) is 0.728. The van der Waals surface area contributed by atoms with E-state index in [-0.39, 0.29) is 54.3 Å². The molecule has 23 nitrogen and oxygen atoms in total. The van der Waals surface area contributed by atoms with Crippen molar-refractivity contribution < 1.29 is 79.5 Å². The van der Waals surface area contributed by atoms with Crippen LogP contribution in [0, 0.1) is 17.8 Å². The van der Waals surface area contributed by atoms with E-state index in [0.717, 1.165) is 67.0 Å². The topological polar surface area (TPSA) is 382 Å². The zero-order chi connectivity index (χ0) is 59.7. The number of thioether (sulfide) groups is 1. The van der Waals surface area contributed by atoms with Crippen molar-refractivity contribution in [1.29, 1.82) is 0 Å². The number of ketones is 1. The molecule has 0 radical (unpaired) electrons. The molecule has 2 aromatic carbocycles. The number of rotatable bonds is 22. The summed E-state index contributed by atoms with van der Waals surface area (Å²) in [6.45, 7) is 6.82. The molecule has 3 fully saturated rings. The predicted molar refractivity (Wildman–Crippen MR) is 298 cm³/mol. The van der Waals surface area contributed by atoms with Crippen LogP contribution in [0.4, 0.5) is 0 Å². The van der Waals surface area contributed by atoms with Gasteiger partial charge in [0.15, 0.2) is 5.78 Å². The molecule has 3 aliphatic rings. The number of hydrogen-bond donors (Lipinski definition) is 14. The summed E-state index contributed by atoms with van der Waals surface area (Å²) in [5, 5.41) is 110. The number of nitrogens with two attached hydrogens (primary N) is 1. The Morgan fingerprint density at radius 3 is 2.05 bits per heavy atom. The Morgan fingerprint density at radius 2 is 1.40 bits per heavy atom. The minimum atomic E-state index is -2.19. The zero-order valence-electron chi connectivity index (χ0n) is 46.8. The largest absolute Gasteiger partial charge is 0.508 e. The Balaban J connectivity index is 1.54. The van der Waals surface area contributed by atoms with Crippen molar-refractivity contribution in [3.63, 3.8) is 0 Å². The number of Topliss-reactive ketones (excluding diaryl/α,β-unsaturated/α-hetero) is 1. The second-order valence-electron chi connectivity index (χ2n) is 22.3. The number of carbonyl (C=O) groups is 7. The first kappa shape index (κ1) is 66.4. The maximum Gasteiger partial charge on any atom is 0.248 e. The molecule has 0 aromatic heterocycles. The Hall–Kier alpha value is -5.44. The standard InChI is InChI=1S/C57H87N7O16S/c1-5-31(2)26-32(3)14-10-8-6-7-9-11-17-46(73)59-38-29-44(72)55(81-45-16-13-12-15-40(45)68)62-54(78)49-42(70)23-25-63(49)57(80)48(41(69)22-24-58)61-52(76)37(51(75)50(74)34-18-20-35(66)21-19-34)28-43(71)39-27-36(67)30-64(39)56(79)47(33(4)65)60-53(38)77/h12-13,15-16,18-21,31-33,36-39,41-42,44,47-51,55,65-70,72,74-75H,5-11,14,17,22-30,58H2,1-4H3,(H,59,73)(H,60,77)(H,61,76)(H,62,78)/t31?,32?,33-,36-,37+,38+,39+,41-,42+,44-,47+,48+,49+,50+,51+,55-/m1/s1. The normalized spacial score (nSPS) is 27.9. The van der Waals surface area contributed by atoms with Gasteiger partial charge in [-0.25, -0.2) is 0 Å². The van der Waals surface area contributed by atoms with Crippen LogP contribution in [-0.2, 0) is 33.6 Å². The molecule has 3 aliphatic heterocycles. The van der Waals surface area contributed by atoms with Crippen molar-refractivity contribution in [3.05, 3.63) is 54.1 Å². The minimum absolute atomic E-state index is 0.0284. The van der Waals surface area contributed by atoms with Gasteiger partial charge in [0.25, 0.3) is 0 Å². The number of aliphatic hydroxyl groups is 7. The van der Waals surface area contributed by atoms with Gasteiger partial charge in [0, 0.05) is 38.8 Å². The molecule has 16 atom stereocenters. The van der Waals surface area contributed by atoms with Gasteiger partial charge in [-0.3, -0.25) is 33.6 Å². The Morgan fingerprint density at radius 1 is 0.753 bits per heavy atom. The quantitative estimate of drug-likeness (QED) is 0.0723. The first-order valence-corrected chi connectivity index (χ1v) is 29.4. The van der Waals surface area contributed by atoms with Crippen molar-refractivity contribution in [2.45, 2.75) is 207 Å². The Labute approximate surface area is 477 Å². The molecule has 0 spiro atoms. The van der Waals surface area contributed by atoms with Crippen LogP contribution in [0.25, 0.3) is 0 Å². The van der Waals surface area contributed by atoms with E-state index < -0.39 is 151 Å². The van der Waals surface area contributed by atoms with Crippen LogP contribution in [0.3, 0.4) is 0 Å². The smallest absolute Gasteiger partial charge is 0.248 e. The minimum Gasteiger partial charge on any atom is -0.508 e. The molecule has 2 unspecified atom stereocenters. The summed E-state index contributed by atoms with van der Waals surface area (Å²) < 4.78 is 0. The molecule has 5 rings (SSSR count). The van der Waals surface area contributed by atoms with E-state index in [4.69, 9.17) is 5.73 Å². The van der Waals surface area contributed by atoms with E-state index in [9.17, 15) is 79.5 Å². The van der Waals surface area contributed by atoms with Crippen molar-refractivity contribution in [2.24, 2.45) is 23.5 Å². The van der Waals surface area contributed by atoms with Gasteiger partial charge in [-0.1, -0.05) is 102 Å². The van der Waals surface area contributed by atoms with Crippen molar-refractivity contribution in [3.8, 4) is 11.5 Å². The number of aromatic hydroxyl groups is 2. The lowest BCUT2D eigenvalue weighted by molar-refractivity contribution is -0.149. The number of phenols is 2. The Kier molecular flexibility index (Phi) is 26.1. The third kappa shape index (κ3) is 18.8. The molecule has 0 saturated carbocycles. The summed E-state index contributed by atoms with van der Waals surface area (Å²) >= 11 is 0.720. The van der Waals surface area contributed by atoms with Crippen LogP contribution in [0.2, 0.25) is 0 Å². The van der Waals surface area contributed by atoms with Crippen LogP contribution < -0.4 is 27.0 Å². The van der Waals surface area contributed by atoms with Gasteiger partial charge in [-0.2, -0.15) is 0 Å². The van der Waals surface area contributed by atoms with Gasteiger partial charge in [0.2, 0.25) is 35.4 Å². The van der Waals surface area contributed by atoms with Gasteiger partial charge in [0.05, 0.1) is 53.5 Å². The third-order valence-corrected chi connectivity index (χ3v) is 17.1. The van der Waals surface area contributed by atoms with E-state index in [2.05, 4.69) is 42.0 Å². The number of fused-ring (bicyclic) bond motifs is 2. The fourth-order valence-electron chi connectivity index (χ4n) is 10.9. The average Bonchev–Trinajstić information content (AvgIpc) is 4.05. The monoisotopic (exact) mass is 1160 g/mol. The van der Waals surface area contributed by atoms with Gasteiger partial charge in [0.1, 0.15) is 47.1 Å². The molecule has 6 amide bonds. The van der Waals surface area contributed by atoms with Crippen LogP contribution in [0.1, 0.15) is 136 Å². The van der Waals surface area contributed by atoms with E-state index in [1.165, 1.54) is 48.9 Å². The average molecular weight is 1160 g/mol. The molecule has 3 saturated heterocycles. The number of nitrogens with one attached hydrogen (secondary N) is 4. The molecule has 24 heteroatoms. The molecule has 81 heavy (non-hydrogen) atoms. The van der Waals surface area contributed by atoms with Gasteiger partial charge in [-0.15, -0.1) is 0 Å². The summed E-state index contributed by atoms with van der Waals surface area (Å²) in [5.41, 5.74) is 5.77. The fourth-order valence-corrected chi connectivity index (χ4v) is 11.9. The van der Waals surface area contributed by atoms with Gasteiger partial charge in [-0.05, 0) is 80.8 Å². The molecular formula is C57H87N7O16S. The maximum absolute atomic E-state index is 14.8. The van der Waals surface area contributed by atoms with Crippen LogP contribution in [-0.4, -0.2) is 189 Å². The number of carbonyl (C=O) groups excluding carboxylic acids is 7. The molecule has 15 N–H and O–H groups in total. The number of nitrogens with zero attached hydrogens (tertiary/aromatic N) is 2. The van der Waals surface area contributed by atoms with Crippen molar-refractivity contribution in [1.82, 2.24) is 31.1 Å². The number of hydrogen-bond acceptors (Lipinski definition) is 18. The van der Waals surface area contributed by atoms with Crippen LogP contribution >= 0.6 is 11.8 Å². The van der Waals surface area contributed by atoms with Gasteiger partial charge >= 0.3 is 0 Å². The number of phenolic OH excluding ortho intramolecular Hbond substituents is 2. The molecule has 3 heterocycles. The number of benzene rings is 2. The molecule has 0 aliphatic carbocycles. The maximum atomic E-state index is 14.8. The first-order chi connectivity index (χ1) is 38.4. The van der Waals surface area contributed by atoms with Crippen LogP contribution in [0.5, 0.6) is 11.5 Å². The van der Waals surface area contributed by atoms with Crippen molar-refractivity contribution in [2.75, 3.05) is 19.6 Å². The lowest BCUT2D eigenvalue weighted by atomic mass is 9.86. The Bertz CT molecular complexity index is 2400. The zero-order valence-corrected chi connectivity index (χ0v) is 47.7. The van der Waals surface area contributed by atoms with Crippen LogP contribution in [0.15, 0.2) is 53.4 Å². The summed E-state index contributed by atoms with van der Waals surface area (Å²) in [5.74, 6) is -8.42. The second kappa shape index (κ2) is 31.8. The number of para-hydroxylation sites is 1. The fraction of sp³-hybridized carbons (Fsp3) is 0.667. The summed E-state index contributed by atoms with van der Waals surface area (Å²) in [4.78, 5) is 103. The highest BCUT2D eigenvalue weighted by Crippen LogP contribution is 2.34. The lowest BCUT2D eigenvalue weighted by Gasteiger charge is -2.34. The third-order valence-electron chi connectivity index (χ3n) is 15.8. The number of unbranched alkanes of at least 4 members (excludes halogenated alkanes) is 5. The molecular weight excluding hydrogens is 1070 g/mol. The van der Waals surface area contributed by atoms with E-state index >= 15 is 0 Å². The van der Waals surface area contributed by atoms with E-state index in [1.54, 1.807) is 6.07 Å². The van der Waals surface area contributed by atoms with Gasteiger partial charge < -0.3 is 82.8 Å². The van der Waals surface area contributed by atoms with E-state index in [0.29, 0.717) is 24.7 Å². The summed E-state index contributed by atoms with van der Waals surface area (Å²) in [7, 11) is 0. The summed E-state index contributed by atoms with van der Waals surface area (Å²) in [6.07, 6.45) is -6.52. The second-order valence-corrected chi connectivity index (χ2v) is 23.5. The number of aliphatic hydroxyl groups excluding tert-OH is 7. The highest BCUT2D eigenvalue weighted by atomic mass is 32.2. The molecule has 2 aromatic rings.